The minimum atomic E-state index is -1.25. The van der Waals surface area contributed by atoms with Crippen LogP contribution in [0.5, 0.6) is 11.5 Å². The van der Waals surface area contributed by atoms with Gasteiger partial charge >= 0.3 is 5.97 Å². The predicted octanol–water partition coefficient (Wildman–Crippen LogP) is 4.67. The molecule has 0 heterocycles. The monoisotopic (exact) mass is 316 g/mol. The summed E-state index contributed by atoms with van der Waals surface area (Å²) in [7, 11) is 0. The molecule has 0 bridgehead atoms. The van der Waals surface area contributed by atoms with Gasteiger partial charge in [0.15, 0.2) is 0 Å². The van der Waals surface area contributed by atoms with Crippen LogP contribution >= 0.6 is 0 Å². The van der Waals surface area contributed by atoms with Crippen LogP contribution in [-0.2, 0) is 6.42 Å². The van der Waals surface area contributed by atoms with Gasteiger partial charge in [0.1, 0.15) is 17.1 Å². The van der Waals surface area contributed by atoms with Crippen molar-refractivity contribution in [3.8, 4) is 11.5 Å². The van der Waals surface area contributed by atoms with E-state index in [0.717, 1.165) is 18.4 Å². The average Bonchev–Trinajstić information content (AvgIpc) is 2.45. The number of hydrogen-bond acceptors (Lipinski definition) is 3. The molecule has 0 spiro atoms. The molecular formula is C19H24O4. The van der Waals surface area contributed by atoms with Crippen LogP contribution in [0.4, 0.5) is 0 Å². The number of carbonyl (C=O) groups is 1. The van der Waals surface area contributed by atoms with E-state index in [1.165, 1.54) is 17.7 Å². The van der Waals surface area contributed by atoms with E-state index in [0.29, 0.717) is 0 Å². The zero-order valence-electron chi connectivity index (χ0n) is 13.9. The molecule has 0 unspecified atom stereocenters. The lowest BCUT2D eigenvalue weighted by atomic mass is 9.97. The molecule has 0 aromatic heterocycles. The third-order valence-electron chi connectivity index (χ3n) is 3.59. The fourth-order valence-corrected chi connectivity index (χ4v) is 2.27. The predicted molar refractivity (Wildman–Crippen MR) is 92.9 cm³/mol. The van der Waals surface area contributed by atoms with Crippen LogP contribution in [0, 0.1) is 0 Å². The Morgan fingerprint density at radius 1 is 1.22 bits per heavy atom. The van der Waals surface area contributed by atoms with E-state index < -0.39 is 11.7 Å². The Bertz CT molecular complexity index is 662. The van der Waals surface area contributed by atoms with Crippen molar-refractivity contribution < 1.29 is 20.1 Å². The Morgan fingerprint density at radius 3 is 2.39 bits per heavy atom. The van der Waals surface area contributed by atoms with Crippen molar-refractivity contribution >= 4 is 12.0 Å². The summed E-state index contributed by atoms with van der Waals surface area (Å²) in [6.45, 7) is 9.57. The normalized spacial score (nSPS) is 11.2. The highest BCUT2D eigenvalue weighted by atomic mass is 16.4. The second kappa shape index (κ2) is 8.22. The molecule has 0 aliphatic carbocycles. The van der Waals surface area contributed by atoms with E-state index in [1.807, 2.05) is 26.8 Å². The van der Waals surface area contributed by atoms with Gasteiger partial charge in [-0.3, -0.25) is 0 Å². The van der Waals surface area contributed by atoms with Crippen LogP contribution in [-0.4, -0.2) is 21.3 Å². The molecule has 0 aliphatic heterocycles. The van der Waals surface area contributed by atoms with Gasteiger partial charge in [-0.25, -0.2) is 4.79 Å². The number of carboxylic acid groups (broad SMARTS) is 1. The fraction of sp³-hybridized carbons (Fsp3) is 0.316. The maximum Gasteiger partial charge on any atom is 0.340 e. The topological polar surface area (TPSA) is 77.8 Å². The Labute approximate surface area is 137 Å². The van der Waals surface area contributed by atoms with Gasteiger partial charge in [0.05, 0.1) is 0 Å². The summed E-state index contributed by atoms with van der Waals surface area (Å²) >= 11 is 0. The number of benzene rings is 1. The third kappa shape index (κ3) is 5.02. The number of carboxylic acids is 1. The number of phenols is 2. The molecule has 124 valence electrons. The van der Waals surface area contributed by atoms with E-state index in [4.69, 9.17) is 0 Å². The smallest absolute Gasteiger partial charge is 0.340 e. The molecule has 0 radical (unpaired) electrons. The number of phenolic OH excluding ortho intramolecular Hbond substituents is 1. The zero-order valence-corrected chi connectivity index (χ0v) is 13.9. The SMILES string of the molecule is C=Cc1cc(O)c(C/C=C(\C)CCC=C(C)C)c(O)c1C(=O)O. The third-order valence-corrected chi connectivity index (χ3v) is 3.59. The highest BCUT2D eigenvalue weighted by molar-refractivity contribution is 5.96. The van der Waals surface area contributed by atoms with Crippen molar-refractivity contribution in [1.82, 2.24) is 0 Å². The van der Waals surface area contributed by atoms with Gasteiger partial charge in [-0.15, -0.1) is 0 Å². The number of aromatic carboxylic acids is 1. The Hall–Kier alpha value is -2.49. The maximum absolute atomic E-state index is 11.3. The number of aromatic hydroxyl groups is 2. The molecule has 3 N–H and O–H groups in total. The first kappa shape index (κ1) is 18.6. The first-order valence-corrected chi connectivity index (χ1v) is 7.50. The largest absolute Gasteiger partial charge is 0.507 e. The van der Waals surface area contributed by atoms with Gasteiger partial charge in [-0.1, -0.05) is 36.0 Å². The van der Waals surface area contributed by atoms with E-state index in [9.17, 15) is 20.1 Å². The minimum absolute atomic E-state index is 0.129. The van der Waals surface area contributed by atoms with Crippen molar-refractivity contribution in [3.05, 3.63) is 52.6 Å². The number of allylic oxidation sites excluding steroid dienone is 4. The van der Waals surface area contributed by atoms with Crippen molar-refractivity contribution in [2.45, 2.75) is 40.0 Å². The van der Waals surface area contributed by atoms with Gasteiger partial charge in [-0.2, -0.15) is 0 Å². The molecule has 1 aromatic rings. The summed E-state index contributed by atoms with van der Waals surface area (Å²) in [5, 5.41) is 29.4. The highest BCUT2D eigenvalue weighted by Gasteiger charge is 2.20. The Kier molecular flexibility index (Phi) is 6.64. The summed E-state index contributed by atoms with van der Waals surface area (Å²) in [5.74, 6) is -1.78. The van der Waals surface area contributed by atoms with Crippen molar-refractivity contribution in [2.75, 3.05) is 0 Å². The average molecular weight is 316 g/mol. The van der Waals surface area contributed by atoms with Crippen LogP contribution in [0.3, 0.4) is 0 Å². The van der Waals surface area contributed by atoms with E-state index in [1.54, 1.807) is 0 Å². The molecule has 4 nitrogen and oxygen atoms in total. The summed E-state index contributed by atoms with van der Waals surface area (Å²) in [4.78, 5) is 11.3. The number of hydrogen-bond donors (Lipinski definition) is 3. The molecule has 1 aromatic carbocycles. The van der Waals surface area contributed by atoms with Crippen molar-refractivity contribution in [1.29, 1.82) is 0 Å². The summed E-state index contributed by atoms with van der Waals surface area (Å²) < 4.78 is 0. The summed E-state index contributed by atoms with van der Waals surface area (Å²) in [6, 6.07) is 1.32. The van der Waals surface area contributed by atoms with Gasteiger partial charge < -0.3 is 15.3 Å². The Morgan fingerprint density at radius 2 is 1.87 bits per heavy atom. The van der Waals surface area contributed by atoms with E-state index >= 15 is 0 Å². The van der Waals surface area contributed by atoms with Gasteiger partial charge in [0, 0.05) is 5.56 Å². The van der Waals surface area contributed by atoms with Crippen LogP contribution in [0.2, 0.25) is 0 Å². The molecule has 1 rings (SSSR count). The lowest BCUT2D eigenvalue weighted by Crippen LogP contribution is -2.03. The molecule has 0 fully saturated rings. The Balaban J connectivity index is 3.05. The molecule has 23 heavy (non-hydrogen) atoms. The highest BCUT2D eigenvalue weighted by Crippen LogP contribution is 2.35. The summed E-state index contributed by atoms with van der Waals surface area (Å²) in [6.07, 6.45) is 7.42. The second-order valence-electron chi connectivity index (χ2n) is 5.77. The molecule has 0 saturated heterocycles. The minimum Gasteiger partial charge on any atom is -0.507 e. The van der Waals surface area contributed by atoms with Gasteiger partial charge in [0.2, 0.25) is 0 Å². The fourth-order valence-electron chi connectivity index (χ4n) is 2.27. The molecule has 0 aliphatic rings. The van der Waals surface area contributed by atoms with Crippen molar-refractivity contribution in [2.24, 2.45) is 0 Å². The van der Waals surface area contributed by atoms with Crippen LogP contribution < -0.4 is 0 Å². The van der Waals surface area contributed by atoms with Crippen molar-refractivity contribution in [3.63, 3.8) is 0 Å². The standard InChI is InChI=1S/C19H24O4/c1-5-14-11-16(20)15(18(21)17(14)19(22)23)10-9-13(4)8-6-7-12(2)3/h5,7,9,11,20-21H,1,6,8,10H2,2-4H3,(H,22,23)/b13-9+. The number of rotatable bonds is 7. The van der Waals surface area contributed by atoms with Crippen LogP contribution in [0.25, 0.3) is 6.08 Å². The summed E-state index contributed by atoms with van der Waals surface area (Å²) in [5.41, 5.74) is 2.56. The van der Waals surface area contributed by atoms with Crippen LogP contribution in [0.15, 0.2) is 35.9 Å². The van der Waals surface area contributed by atoms with E-state index in [-0.39, 0.29) is 28.9 Å². The van der Waals surface area contributed by atoms with Crippen LogP contribution in [0.1, 0.15) is 55.1 Å². The molecule has 0 saturated carbocycles. The quantitative estimate of drug-likeness (QED) is 0.639. The van der Waals surface area contributed by atoms with E-state index in [2.05, 4.69) is 12.7 Å². The maximum atomic E-state index is 11.3. The molecule has 0 atom stereocenters. The molecular weight excluding hydrogens is 292 g/mol. The lowest BCUT2D eigenvalue weighted by Gasteiger charge is -2.11. The van der Waals surface area contributed by atoms with Gasteiger partial charge in [-0.05, 0) is 51.7 Å². The zero-order chi connectivity index (χ0) is 17.6. The van der Waals surface area contributed by atoms with Gasteiger partial charge in [0.25, 0.3) is 0 Å². The first-order valence-electron chi connectivity index (χ1n) is 7.50. The first-order chi connectivity index (χ1) is 10.8. The molecule has 4 heteroatoms. The molecule has 0 amide bonds. The lowest BCUT2D eigenvalue weighted by molar-refractivity contribution is 0.0693. The second-order valence-corrected chi connectivity index (χ2v) is 5.77.